The average Bonchev–Trinajstić information content (AvgIpc) is 3.30. The number of aryl methyl sites for hydroxylation is 1. The summed E-state index contributed by atoms with van der Waals surface area (Å²) in [6.45, 7) is 2.50. The Kier molecular flexibility index (Phi) is 4.82. The lowest BCUT2D eigenvalue weighted by atomic mass is 10.0. The molecule has 6 heteroatoms. The Morgan fingerprint density at radius 3 is 2.81 bits per heavy atom. The summed E-state index contributed by atoms with van der Waals surface area (Å²) in [4.78, 5) is 11.2. The number of rotatable bonds is 6. The molecular weight excluding hydrogens is 326 g/mol. The van der Waals surface area contributed by atoms with E-state index < -0.39 is 0 Å². The zero-order valence-electron chi connectivity index (χ0n) is 15.0. The minimum Gasteiger partial charge on any atom is -0.472 e. The molecule has 4 rings (SSSR count). The van der Waals surface area contributed by atoms with Crippen molar-refractivity contribution >= 4 is 5.82 Å². The summed E-state index contributed by atoms with van der Waals surface area (Å²) in [5.74, 6) is 2.08. The van der Waals surface area contributed by atoms with E-state index in [1.165, 1.54) is 5.56 Å². The number of hydrogen-bond acceptors (Lipinski definition) is 5. The molecule has 1 fully saturated rings. The summed E-state index contributed by atoms with van der Waals surface area (Å²) >= 11 is 0. The first kappa shape index (κ1) is 16.6. The van der Waals surface area contributed by atoms with E-state index in [0.717, 1.165) is 37.3 Å². The standard InChI is InChI=1S/C20H23N5O/c1-24-13-18(10-22-24)9-17-7-8-25(14-17)19-11-21-12-20(23-19)26-15-16-5-3-2-4-6-16/h2-6,10-13,17H,7-9,14-15H2,1H3/t17-/m0/s1. The maximum absolute atomic E-state index is 5.81. The van der Waals surface area contributed by atoms with Gasteiger partial charge in [-0.3, -0.25) is 9.67 Å². The van der Waals surface area contributed by atoms with Crippen molar-refractivity contribution in [3.63, 3.8) is 0 Å². The number of nitrogens with zero attached hydrogens (tertiary/aromatic N) is 5. The van der Waals surface area contributed by atoms with Crippen molar-refractivity contribution in [2.24, 2.45) is 13.0 Å². The summed E-state index contributed by atoms with van der Waals surface area (Å²) in [5.41, 5.74) is 2.42. The predicted molar refractivity (Wildman–Crippen MR) is 100 cm³/mol. The molecule has 3 heterocycles. The van der Waals surface area contributed by atoms with Crippen LogP contribution in [0.2, 0.25) is 0 Å². The Morgan fingerprint density at radius 1 is 1.12 bits per heavy atom. The summed E-state index contributed by atoms with van der Waals surface area (Å²) in [6.07, 6.45) is 9.77. The highest BCUT2D eigenvalue weighted by molar-refractivity contribution is 5.39. The number of benzene rings is 1. The fraction of sp³-hybridized carbons (Fsp3) is 0.350. The van der Waals surface area contributed by atoms with E-state index in [1.807, 2.05) is 54.5 Å². The molecule has 1 saturated heterocycles. The van der Waals surface area contributed by atoms with E-state index in [0.29, 0.717) is 18.4 Å². The Bertz CT molecular complexity index is 848. The SMILES string of the molecule is Cn1cc(C[C@@H]2CCN(c3cncc(OCc4ccccc4)n3)C2)cn1. The van der Waals surface area contributed by atoms with Gasteiger partial charge in [0.1, 0.15) is 6.61 Å². The minimum absolute atomic E-state index is 0.503. The van der Waals surface area contributed by atoms with Gasteiger partial charge in [-0.1, -0.05) is 30.3 Å². The molecule has 6 nitrogen and oxygen atoms in total. The van der Waals surface area contributed by atoms with Gasteiger partial charge in [0, 0.05) is 26.3 Å². The number of anilines is 1. The van der Waals surface area contributed by atoms with Crippen molar-refractivity contribution in [2.75, 3.05) is 18.0 Å². The molecule has 0 spiro atoms. The Hall–Kier alpha value is -2.89. The molecule has 0 unspecified atom stereocenters. The predicted octanol–water partition coefficient (Wildman–Crippen LogP) is 2.86. The molecule has 1 atom stereocenters. The van der Waals surface area contributed by atoms with Crippen LogP contribution in [-0.4, -0.2) is 32.8 Å². The van der Waals surface area contributed by atoms with Crippen molar-refractivity contribution in [3.8, 4) is 5.88 Å². The zero-order valence-corrected chi connectivity index (χ0v) is 15.0. The molecule has 2 aromatic heterocycles. The molecule has 1 aliphatic heterocycles. The molecule has 1 aromatic carbocycles. The van der Waals surface area contributed by atoms with Crippen molar-refractivity contribution in [2.45, 2.75) is 19.4 Å². The highest BCUT2D eigenvalue weighted by Gasteiger charge is 2.24. The van der Waals surface area contributed by atoms with Gasteiger partial charge in [-0.05, 0) is 29.9 Å². The molecular formula is C20H23N5O. The second-order valence-corrected chi connectivity index (χ2v) is 6.82. The highest BCUT2D eigenvalue weighted by atomic mass is 16.5. The second kappa shape index (κ2) is 7.56. The van der Waals surface area contributed by atoms with Gasteiger partial charge in [0.25, 0.3) is 0 Å². The molecule has 0 aliphatic carbocycles. The maximum Gasteiger partial charge on any atom is 0.234 e. The molecule has 1 aliphatic rings. The van der Waals surface area contributed by atoms with E-state index in [2.05, 4.69) is 26.2 Å². The molecule has 134 valence electrons. The second-order valence-electron chi connectivity index (χ2n) is 6.82. The van der Waals surface area contributed by atoms with Crippen molar-refractivity contribution in [1.29, 1.82) is 0 Å². The lowest BCUT2D eigenvalue weighted by Gasteiger charge is -2.17. The number of aromatic nitrogens is 4. The Labute approximate surface area is 153 Å². The maximum atomic E-state index is 5.81. The zero-order chi connectivity index (χ0) is 17.8. The van der Waals surface area contributed by atoms with Gasteiger partial charge in [-0.15, -0.1) is 0 Å². The normalized spacial score (nSPS) is 16.8. The minimum atomic E-state index is 0.503. The van der Waals surface area contributed by atoms with Gasteiger partial charge in [-0.2, -0.15) is 10.1 Å². The van der Waals surface area contributed by atoms with E-state index in [9.17, 15) is 0 Å². The first-order valence-electron chi connectivity index (χ1n) is 8.97. The quantitative estimate of drug-likeness (QED) is 0.685. The fourth-order valence-corrected chi connectivity index (χ4v) is 3.41. The van der Waals surface area contributed by atoms with Crippen molar-refractivity contribution in [3.05, 3.63) is 66.2 Å². The van der Waals surface area contributed by atoms with Crippen LogP contribution in [0.4, 0.5) is 5.82 Å². The van der Waals surface area contributed by atoms with Crippen LogP contribution in [0.1, 0.15) is 17.5 Å². The summed E-state index contributed by atoms with van der Waals surface area (Å²) in [7, 11) is 1.96. The third kappa shape index (κ3) is 4.02. The first-order valence-corrected chi connectivity index (χ1v) is 8.97. The monoisotopic (exact) mass is 349 g/mol. The first-order chi connectivity index (χ1) is 12.8. The van der Waals surface area contributed by atoms with E-state index >= 15 is 0 Å². The summed E-state index contributed by atoms with van der Waals surface area (Å²) < 4.78 is 7.67. The summed E-state index contributed by atoms with van der Waals surface area (Å²) in [5, 5.41) is 4.26. The molecule has 0 amide bonds. The lowest BCUT2D eigenvalue weighted by Crippen LogP contribution is -2.21. The van der Waals surface area contributed by atoms with Gasteiger partial charge in [0.2, 0.25) is 5.88 Å². The number of ether oxygens (including phenoxy) is 1. The van der Waals surface area contributed by atoms with Gasteiger partial charge in [0.05, 0.1) is 18.6 Å². The topological polar surface area (TPSA) is 56.1 Å². The molecule has 0 radical (unpaired) electrons. The molecule has 0 saturated carbocycles. The van der Waals surface area contributed by atoms with Gasteiger partial charge >= 0.3 is 0 Å². The largest absolute Gasteiger partial charge is 0.472 e. The Balaban J connectivity index is 1.36. The lowest BCUT2D eigenvalue weighted by molar-refractivity contribution is 0.292. The molecule has 3 aromatic rings. The smallest absolute Gasteiger partial charge is 0.234 e. The summed E-state index contributed by atoms with van der Waals surface area (Å²) in [6, 6.07) is 10.1. The van der Waals surface area contributed by atoms with Gasteiger partial charge in [-0.25, -0.2) is 0 Å². The van der Waals surface area contributed by atoms with Crippen LogP contribution in [0.25, 0.3) is 0 Å². The molecule has 26 heavy (non-hydrogen) atoms. The molecule has 0 bridgehead atoms. The van der Waals surface area contributed by atoms with Crippen LogP contribution >= 0.6 is 0 Å². The van der Waals surface area contributed by atoms with Crippen LogP contribution in [-0.2, 0) is 20.1 Å². The van der Waals surface area contributed by atoms with E-state index in [1.54, 1.807) is 6.20 Å². The average molecular weight is 349 g/mol. The van der Waals surface area contributed by atoms with Gasteiger partial charge in [0.15, 0.2) is 5.82 Å². The van der Waals surface area contributed by atoms with Crippen molar-refractivity contribution < 1.29 is 4.74 Å². The highest BCUT2D eigenvalue weighted by Crippen LogP contribution is 2.25. The Morgan fingerprint density at radius 2 is 2.00 bits per heavy atom. The van der Waals surface area contributed by atoms with Crippen LogP contribution in [0, 0.1) is 5.92 Å². The van der Waals surface area contributed by atoms with Crippen LogP contribution in [0.3, 0.4) is 0 Å². The van der Waals surface area contributed by atoms with Crippen LogP contribution in [0.5, 0.6) is 5.88 Å². The van der Waals surface area contributed by atoms with Crippen LogP contribution < -0.4 is 9.64 Å². The van der Waals surface area contributed by atoms with Crippen molar-refractivity contribution in [1.82, 2.24) is 19.7 Å². The van der Waals surface area contributed by atoms with E-state index in [4.69, 9.17) is 4.74 Å². The van der Waals surface area contributed by atoms with Gasteiger partial charge < -0.3 is 9.64 Å². The number of hydrogen-bond donors (Lipinski definition) is 0. The third-order valence-electron chi connectivity index (χ3n) is 4.72. The third-order valence-corrected chi connectivity index (χ3v) is 4.72. The van der Waals surface area contributed by atoms with Crippen LogP contribution in [0.15, 0.2) is 55.1 Å². The van der Waals surface area contributed by atoms with E-state index in [-0.39, 0.29) is 0 Å². The molecule has 0 N–H and O–H groups in total. The fourth-order valence-electron chi connectivity index (χ4n) is 3.41.